The van der Waals surface area contributed by atoms with Crippen molar-refractivity contribution in [2.75, 3.05) is 6.61 Å². The highest BCUT2D eigenvalue weighted by atomic mass is 32.1. The van der Waals surface area contributed by atoms with Gasteiger partial charge in [-0.2, -0.15) is 0 Å². The van der Waals surface area contributed by atoms with Crippen LogP contribution in [0.5, 0.6) is 5.88 Å². The molecule has 0 aliphatic heterocycles. The zero-order valence-electron chi connectivity index (χ0n) is 20.1. The molecular formula is C30H24N2O4S. The third kappa shape index (κ3) is 4.81. The molecule has 0 amide bonds. The molecule has 6 nitrogen and oxygen atoms in total. The minimum Gasteiger partial charge on any atom is -0.494 e. The number of hydrogen-bond donors (Lipinski definition) is 1. The number of carbonyl (C=O) groups excluding carboxylic acids is 1. The van der Waals surface area contributed by atoms with Crippen LogP contribution in [0.25, 0.3) is 21.9 Å². The Morgan fingerprint density at radius 3 is 2.32 bits per heavy atom. The minimum atomic E-state index is -0.460. The van der Waals surface area contributed by atoms with E-state index in [9.17, 15) is 14.7 Å². The monoisotopic (exact) mass is 508 g/mol. The molecule has 7 heteroatoms. The van der Waals surface area contributed by atoms with Crippen LogP contribution in [-0.4, -0.2) is 28.5 Å². The molecule has 0 aliphatic rings. The van der Waals surface area contributed by atoms with E-state index in [0.717, 1.165) is 16.7 Å². The Morgan fingerprint density at radius 2 is 1.62 bits per heavy atom. The quantitative estimate of drug-likeness (QED) is 0.203. The molecular weight excluding hydrogens is 484 g/mol. The Kier molecular flexibility index (Phi) is 6.96. The van der Waals surface area contributed by atoms with Crippen LogP contribution < -0.4 is 5.56 Å². The van der Waals surface area contributed by atoms with Crippen molar-refractivity contribution in [3.63, 3.8) is 0 Å². The van der Waals surface area contributed by atoms with Gasteiger partial charge in [0.15, 0.2) is 0 Å². The topological polar surface area (TPSA) is 80.9 Å². The van der Waals surface area contributed by atoms with Gasteiger partial charge in [-0.25, -0.2) is 9.79 Å². The van der Waals surface area contributed by atoms with Crippen LogP contribution in [0.3, 0.4) is 0 Å². The SMILES string of the molecule is CCOC(=O)c1c(-c2ccccc2)csc1N=Cc1c(O)n(Cc2ccccc2)c(=O)c2ccccc12. The number of nitrogens with zero attached hydrogens (tertiary/aromatic N) is 2. The first-order chi connectivity index (χ1) is 18.1. The average Bonchev–Trinajstić information content (AvgIpc) is 3.36. The van der Waals surface area contributed by atoms with Crippen molar-refractivity contribution in [1.82, 2.24) is 4.57 Å². The lowest BCUT2D eigenvalue weighted by atomic mass is 10.0. The van der Waals surface area contributed by atoms with Gasteiger partial charge in [-0.3, -0.25) is 9.36 Å². The van der Waals surface area contributed by atoms with Crippen molar-refractivity contribution in [2.24, 2.45) is 4.99 Å². The standard InChI is InChI=1S/C30H24N2O4S/c1-2-36-30(35)26-25(21-13-7-4-8-14-21)19-37-27(26)31-17-24-22-15-9-10-16-23(22)28(33)32(29(24)34)18-20-11-5-3-6-12-20/h3-17,19,34H,2,18H2,1H3. The van der Waals surface area contributed by atoms with Crippen LogP contribution in [-0.2, 0) is 11.3 Å². The number of aromatic nitrogens is 1. The van der Waals surface area contributed by atoms with Crippen LogP contribution >= 0.6 is 11.3 Å². The lowest BCUT2D eigenvalue weighted by molar-refractivity contribution is 0.0529. The molecule has 0 unspecified atom stereocenters. The van der Waals surface area contributed by atoms with Crippen molar-refractivity contribution in [2.45, 2.75) is 13.5 Å². The highest BCUT2D eigenvalue weighted by Crippen LogP contribution is 2.38. The lowest BCUT2D eigenvalue weighted by Crippen LogP contribution is -2.22. The fraction of sp³-hybridized carbons (Fsp3) is 0.100. The van der Waals surface area contributed by atoms with E-state index in [0.29, 0.717) is 26.9 Å². The summed E-state index contributed by atoms with van der Waals surface area (Å²) in [7, 11) is 0. The van der Waals surface area contributed by atoms with E-state index in [1.807, 2.05) is 72.1 Å². The van der Waals surface area contributed by atoms with Crippen molar-refractivity contribution >= 4 is 39.3 Å². The lowest BCUT2D eigenvalue weighted by Gasteiger charge is -2.13. The summed E-state index contributed by atoms with van der Waals surface area (Å²) in [5.41, 5.74) is 2.98. The molecule has 184 valence electrons. The fourth-order valence-corrected chi connectivity index (χ4v) is 5.16. The number of esters is 1. The first kappa shape index (κ1) is 24.2. The van der Waals surface area contributed by atoms with Crippen LogP contribution in [0.15, 0.2) is 100 Å². The number of rotatable bonds is 7. The van der Waals surface area contributed by atoms with Crippen molar-refractivity contribution in [3.8, 4) is 17.0 Å². The third-order valence-corrected chi connectivity index (χ3v) is 6.91. The maximum absolute atomic E-state index is 13.3. The van der Waals surface area contributed by atoms with E-state index >= 15 is 0 Å². The molecule has 0 spiro atoms. The normalized spacial score (nSPS) is 11.3. The summed E-state index contributed by atoms with van der Waals surface area (Å²) in [6, 6.07) is 26.2. The largest absolute Gasteiger partial charge is 0.494 e. The van der Waals surface area contributed by atoms with Gasteiger partial charge in [0, 0.05) is 27.9 Å². The third-order valence-electron chi connectivity index (χ3n) is 6.02. The van der Waals surface area contributed by atoms with Gasteiger partial charge in [0.2, 0.25) is 5.88 Å². The second-order valence-electron chi connectivity index (χ2n) is 8.33. The van der Waals surface area contributed by atoms with E-state index in [4.69, 9.17) is 4.74 Å². The number of hydrogen-bond acceptors (Lipinski definition) is 6. The molecule has 3 aromatic carbocycles. The fourth-order valence-electron chi connectivity index (χ4n) is 4.25. The molecule has 5 aromatic rings. The first-order valence-electron chi connectivity index (χ1n) is 11.8. The predicted molar refractivity (Wildman–Crippen MR) is 148 cm³/mol. The van der Waals surface area contributed by atoms with Gasteiger partial charge < -0.3 is 9.84 Å². The second kappa shape index (κ2) is 10.6. The molecule has 1 N–H and O–H groups in total. The number of aliphatic imine (C=N–C) groups is 1. The maximum atomic E-state index is 13.3. The summed E-state index contributed by atoms with van der Waals surface area (Å²) >= 11 is 1.32. The van der Waals surface area contributed by atoms with Gasteiger partial charge >= 0.3 is 5.97 Å². The molecule has 0 fully saturated rings. The molecule has 5 rings (SSSR count). The number of fused-ring (bicyclic) bond motifs is 1. The van der Waals surface area contributed by atoms with E-state index < -0.39 is 5.97 Å². The molecule has 0 saturated carbocycles. The van der Waals surface area contributed by atoms with Gasteiger partial charge in [-0.05, 0) is 24.1 Å². The Morgan fingerprint density at radius 1 is 0.973 bits per heavy atom. The van der Waals surface area contributed by atoms with Gasteiger partial charge in [-0.1, -0.05) is 78.9 Å². The molecule has 2 aromatic heterocycles. The first-order valence-corrected chi connectivity index (χ1v) is 12.7. The molecule has 2 heterocycles. The number of benzene rings is 3. The van der Waals surface area contributed by atoms with E-state index in [2.05, 4.69) is 4.99 Å². The van der Waals surface area contributed by atoms with Gasteiger partial charge in [0.25, 0.3) is 5.56 Å². The van der Waals surface area contributed by atoms with Crippen LogP contribution in [0.1, 0.15) is 28.4 Å². The Balaban J connectivity index is 1.65. The van der Waals surface area contributed by atoms with Crippen LogP contribution in [0.2, 0.25) is 0 Å². The van der Waals surface area contributed by atoms with Crippen LogP contribution in [0.4, 0.5) is 5.00 Å². The Hall–Kier alpha value is -4.49. The Labute approximate surface area is 217 Å². The molecule has 37 heavy (non-hydrogen) atoms. The highest BCUT2D eigenvalue weighted by Gasteiger charge is 2.22. The van der Waals surface area contributed by atoms with Crippen LogP contribution in [0, 0.1) is 0 Å². The zero-order valence-corrected chi connectivity index (χ0v) is 20.9. The summed E-state index contributed by atoms with van der Waals surface area (Å²) in [5.74, 6) is -0.647. The molecule has 0 saturated heterocycles. The number of aromatic hydroxyl groups is 1. The number of carbonyl (C=O) groups is 1. The maximum Gasteiger partial charge on any atom is 0.341 e. The summed E-state index contributed by atoms with van der Waals surface area (Å²) < 4.78 is 6.68. The average molecular weight is 509 g/mol. The Bertz CT molecular complexity index is 1650. The highest BCUT2D eigenvalue weighted by molar-refractivity contribution is 7.14. The minimum absolute atomic E-state index is 0.186. The van der Waals surface area contributed by atoms with Crippen molar-refractivity contribution in [3.05, 3.63) is 117 Å². The van der Waals surface area contributed by atoms with Crippen molar-refractivity contribution in [1.29, 1.82) is 0 Å². The summed E-state index contributed by atoms with van der Waals surface area (Å²) in [6.07, 6.45) is 1.52. The second-order valence-corrected chi connectivity index (χ2v) is 9.19. The smallest absolute Gasteiger partial charge is 0.341 e. The number of thiophene rings is 1. The van der Waals surface area contributed by atoms with Gasteiger partial charge in [0.05, 0.1) is 18.7 Å². The zero-order chi connectivity index (χ0) is 25.8. The molecule has 0 bridgehead atoms. The summed E-state index contributed by atoms with van der Waals surface area (Å²) in [5, 5.41) is 14.6. The number of ether oxygens (including phenoxy) is 1. The summed E-state index contributed by atoms with van der Waals surface area (Å²) in [4.78, 5) is 30.8. The summed E-state index contributed by atoms with van der Waals surface area (Å²) in [6.45, 7) is 2.21. The molecule has 0 aliphatic carbocycles. The predicted octanol–water partition coefficient (Wildman–Crippen LogP) is 6.41. The van der Waals surface area contributed by atoms with E-state index in [1.165, 1.54) is 22.1 Å². The van der Waals surface area contributed by atoms with Gasteiger partial charge in [-0.15, -0.1) is 11.3 Å². The van der Waals surface area contributed by atoms with Crippen molar-refractivity contribution < 1.29 is 14.6 Å². The molecule has 0 radical (unpaired) electrons. The molecule has 0 atom stereocenters. The van der Waals surface area contributed by atoms with E-state index in [1.54, 1.807) is 25.1 Å². The van der Waals surface area contributed by atoms with E-state index in [-0.39, 0.29) is 24.6 Å². The van der Waals surface area contributed by atoms with Gasteiger partial charge in [0.1, 0.15) is 10.6 Å². The number of pyridine rings is 1.